The summed E-state index contributed by atoms with van der Waals surface area (Å²) in [5.74, 6) is 1.48. The van der Waals surface area contributed by atoms with Crippen LogP contribution in [0.25, 0.3) is 16.9 Å². The van der Waals surface area contributed by atoms with Crippen LogP contribution in [0.1, 0.15) is 12.1 Å². The van der Waals surface area contributed by atoms with Gasteiger partial charge in [-0.1, -0.05) is 0 Å². The third-order valence-electron chi connectivity index (χ3n) is 4.89. The quantitative estimate of drug-likeness (QED) is 0.493. The number of nitrogens with one attached hydrogen (secondary N) is 2. The fourth-order valence-electron chi connectivity index (χ4n) is 3.37. The lowest BCUT2D eigenvalue weighted by Gasteiger charge is -2.09. The number of anilines is 1. The van der Waals surface area contributed by atoms with Crippen molar-refractivity contribution in [2.45, 2.75) is 19.9 Å². The number of nitrogens with zero attached hydrogens (tertiary/aromatic N) is 4. The van der Waals surface area contributed by atoms with Gasteiger partial charge in [0.15, 0.2) is 11.2 Å². The smallest absolute Gasteiger partial charge is 0.329 e. The first-order valence-electron chi connectivity index (χ1n) is 9.04. The average Bonchev–Trinajstić information content (AvgIpc) is 3.19. The third-order valence-corrected chi connectivity index (χ3v) is 4.89. The van der Waals surface area contributed by atoms with Crippen molar-refractivity contribution < 1.29 is 4.74 Å². The van der Waals surface area contributed by atoms with Crippen LogP contribution >= 0.6 is 0 Å². The molecule has 0 aliphatic heterocycles. The van der Waals surface area contributed by atoms with Gasteiger partial charge in [0.25, 0.3) is 5.56 Å². The number of H-pyrrole nitrogens is 1. The molecule has 0 radical (unpaired) electrons. The molecular formula is C19H22N6O3. The van der Waals surface area contributed by atoms with E-state index in [4.69, 9.17) is 4.74 Å². The van der Waals surface area contributed by atoms with Crippen molar-refractivity contribution in [2.24, 2.45) is 7.05 Å². The molecule has 4 rings (SSSR count). The molecule has 146 valence electrons. The molecule has 0 atom stereocenters. The van der Waals surface area contributed by atoms with Gasteiger partial charge in [-0.15, -0.1) is 0 Å². The van der Waals surface area contributed by atoms with Crippen LogP contribution in [0.3, 0.4) is 0 Å². The average molecular weight is 382 g/mol. The van der Waals surface area contributed by atoms with E-state index in [1.165, 1.54) is 4.57 Å². The second-order valence-electron chi connectivity index (χ2n) is 6.70. The molecule has 4 aromatic rings. The minimum Gasteiger partial charge on any atom is -0.497 e. The molecule has 0 amide bonds. The van der Waals surface area contributed by atoms with Crippen LogP contribution < -0.4 is 21.3 Å². The van der Waals surface area contributed by atoms with Crippen molar-refractivity contribution in [2.75, 3.05) is 19.0 Å². The molecule has 1 aromatic carbocycles. The Morgan fingerprint density at radius 1 is 1.21 bits per heavy atom. The van der Waals surface area contributed by atoms with Gasteiger partial charge in [0, 0.05) is 37.7 Å². The Hall–Kier alpha value is -3.49. The number of benzene rings is 1. The maximum absolute atomic E-state index is 12.3. The number of methoxy groups -OCH3 is 1. The first-order chi connectivity index (χ1) is 13.5. The summed E-state index contributed by atoms with van der Waals surface area (Å²) in [7, 11) is 3.25. The predicted molar refractivity (Wildman–Crippen MR) is 107 cm³/mol. The van der Waals surface area contributed by atoms with Gasteiger partial charge in [-0.05, 0) is 37.6 Å². The predicted octanol–water partition coefficient (Wildman–Crippen LogP) is 1.50. The molecule has 3 aromatic heterocycles. The molecule has 0 aliphatic rings. The van der Waals surface area contributed by atoms with Gasteiger partial charge in [0.1, 0.15) is 5.75 Å². The molecule has 0 bridgehead atoms. The molecule has 3 heterocycles. The Morgan fingerprint density at radius 3 is 2.68 bits per heavy atom. The normalized spacial score (nSPS) is 11.4. The summed E-state index contributed by atoms with van der Waals surface area (Å²) in [5.41, 5.74) is 1.91. The molecule has 9 nitrogen and oxygen atoms in total. The van der Waals surface area contributed by atoms with Crippen LogP contribution in [0.5, 0.6) is 5.75 Å². The van der Waals surface area contributed by atoms with Crippen molar-refractivity contribution in [1.82, 2.24) is 23.5 Å². The van der Waals surface area contributed by atoms with Gasteiger partial charge in [-0.2, -0.15) is 4.98 Å². The summed E-state index contributed by atoms with van der Waals surface area (Å²) in [4.78, 5) is 31.0. The fourth-order valence-corrected chi connectivity index (χ4v) is 3.37. The topological polar surface area (TPSA) is 98.4 Å². The monoisotopic (exact) mass is 382 g/mol. The van der Waals surface area contributed by atoms with Crippen molar-refractivity contribution in [3.8, 4) is 5.75 Å². The molecule has 0 unspecified atom stereocenters. The summed E-state index contributed by atoms with van der Waals surface area (Å²) >= 11 is 0. The number of ether oxygens (including phenoxy) is 1. The minimum atomic E-state index is -0.467. The van der Waals surface area contributed by atoms with E-state index in [-0.39, 0.29) is 0 Å². The van der Waals surface area contributed by atoms with Crippen LogP contribution in [0.4, 0.5) is 5.69 Å². The molecule has 9 heteroatoms. The maximum Gasteiger partial charge on any atom is 0.329 e. The van der Waals surface area contributed by atoms with Crippen LogP contribution in [0.2, 0.25) is 0 Å². The van der Waals surface area contributed by atoms with Gasteiger partial charge in [0.2, 0.25) is 5.78 Å². The first-order valence-corrected chi connectivity index (χ1v) is 9.04. The van der Waals surface area contributed by atoms with E-state index in [9.17, 15) is 9.59 Å². The molecule has 0 spiro atoms. The number of aromatic amines is 1. The molecule has 0 saturated heterocycles. The van der Waals surface area contributed by atoms with E-state index in [0.717, 1.165) is 36.6 Å². The van der Waals surface area contributed by atoms with E-state index in [1.54, 1.807) is 18.6 Å². The Labute approximate surface area is 160 Å². The van der Waals surface area contributed by atoms with E-state index in [1.807, 2.05) is 37.4 Å². The summed E-state index contributed by atoms with van der Waals surface area (Å²) in [6, 6.07) is 7.79. The van der Waals surface area contributed by atoms with Crippen LogP contribution in [0, 0.1) is 6.92 Å². The van der Waals surface area contributed by atoms with Gasteiger partial charge in [-0.3, -0.25) is 18.7 Å². The lowest BCUT2D eigenvalue weighted by Crippen LogP contribution is -2.28. The zero-order chi connectivity index (χ0) is 19.8. The third kappa shape index (κ3) is 2.94. The molecular weight excluding hydrogens is 360 g/mol. The zero-order valence-corrected chi connectivity index (χ0v) is 16.0. The fraction of sp³-hybridized carbons (Fsp3) is 0.316. The van der Waals surface area contributed by atoms with Crippen molar-refractivity contribution >= 4 is 22.6 Å². The summed E-state index contributed by atoms with van der Waals surface area (Å²) in [6.07, 6.45) is 2.75. The SMILES string of the molecule is COc1ccc(NCCCn2c(C)cn3c4c(=O)[nH]c(=O)n(C)c4nc23)cc1. The van der Waals surface area contributed by atoms with Crippen LogP contribution in [-0.4, -0.2) is 37.2 Å². The Morgan fingerprint density at radius 2 is 1.96 bits per heavy atom. The van der Waals surface area contributed by atoms with Gasteiger partial charge < -0.3 is 14.6 Å². The standard InChI is InChI=1S/C19H22N6O3/c1-12-11-25-15-16(23(2)19(27)22-17(15)26)21-18(25)24(12)10-4-9-20-13-5-7-14(28-3)8-6-13/h5-8,11,20H,4,9-10H2,1-3H3,(H,22,26,27). The second-order valence-corrected chi connectivity index (χ2v) is 6.70. The number of aryl methyl sites for hydroxylation is 3. The van der Waals surface area contributed by atoms with E-state index >= 15 is 0 Å². The highest BCUT2D eigenvalue weighted by atomic mass is 16.5. The molecule has 0 saturated carbocycles. The maximum atomic E-state index is 12.3. The molecule has 0 fully saturated rings. The molecule has 28 heavy (non-hydrogen) atoms. The highest BCUT2D eigenvalue weighted by Gasteiger charge is 2.17. The highest BCUT2D eigenvalue weighted by Crippen LogP contribution is 2.17. The Balaban J connectivity index is 1.55. The van der Waals surface area contributed by atoms with Gasteiger partial charge in [0.05, 0.1) is 7.11 Å². The van der Waals surface area contributed by atoms with Gasteiger partial charge >= 0.3 is 5.69 Å². The van der Waals surface area contributed by atoms with Gasteiger partial charge in [-0.25, -0.2) is 4.79 Å². The summed E-state index contributed by atoms with van der Waals surface area (Å²) in [5, 5.41) is 3.38. The van der Waals surface area contributed by atoms with Crippen molar-refractivity contribution in [3.63, 3.8) is 0 Å². The second kappa shape index (κ2) is 6.91. The van der Waals surface area contributed by atoms with E-state index in [0.29, 0.717) is 16.9 Å². The minimum absolute atomic E-state index is 0.383. The number of hydrogen-bond acceptors (Lipinski definition) is 5. The number of rotatable bonds is 6. The first kappa shape index (κ1) is 17.9. The number of imidazole rings is 2. The highest BCUT2D eigenvalue weighted by molar-refractivity contribution is 5.75. The van der Waals surface area contributed by atoms with E-state index in [2.05, 4.69) is 19.9 Å². The Bertz CT molecular complexity index is 1260. The summed E-state index contributed by atoms with van der Waals surface area (Å²) < 4.78 is 10.3. The Kier molecular flexibility index (Phi) is 4.42. The van der Waals surface area contributed by atoms with Crippen LogP contribution in [-0.2, 0) is 13.6 Å². The largest absolute Gasteiger partial charge is 0.497 e. The van der Waals surface area contributed by atoms with Crippen LogP contribution in [0.15, 0.2) is 40.1 Å². The zero-order valence-electron chi connectivity index (χ0n) is 16.0. The van der Waals surface area contributed by atoms with Crippen molar-refractivity contribution in [1.29, 1.82) is 0 Å². The number of fused-ring (bicyclic) bond motifs is 3. The summed E-state index contributed by atoms with van der Waals surface area (Å²) in [6.45, 7) is 3.50. The number of hydrogen-bond donors (Lipinski definition) is 2. The lowest BCUT2D eigenvalue weighted by molar-refractivity contribution is 0.415. The lowest BCUT2D eigenvalue weighted by atomic mass is 10.3. The molecule has 2 N–H and O–H groups in total. The van der Waals surface area contributed by atoms with Crippen molar-refractivity contribution in [3.05, 3.63) is 57.0 Å². The molecule has 0 aliphatic carbocycles. The van der Waals surface area contributed by atoms with E-state index < -0.39 is 11.2 Å². The number of aromatic nitrogens is 5.